The zero-order chi connectivity index (χ0) is 21.6. The van der Waals surface area contributed by atoms with Gasteiger partial charge in [-0.25, -0.2) is 4.98 Å². The predicted octanol–water partition coefficient (Wildman–Crippen LogP) is 2.51. The van der Waals surface area contributed by atoms with Crippen LogP contribution in [0.5, 0.6) is 11.5 Å². The first kappa shape index (κ1) is 21.2. The van der Waals surface area contributed by atoms with Crippen molar-refractivity contribution >= 4 is 17.7 Å². The van der Waals surface area contributed by atoms with Gasteiger partial charge >= 0.3 is 0 Å². The van der Waals surface area contributed by atoms with Crippen LogP contribution in [-0.2, 0) is 4.79 Å². The van der Waals surface area contributed by atoms with E-state index in [1.54, 1.807) is 19.2 Å². The molecule has 2 aromatic rings. The summed E-state index contributed by atoms with van der Waals surface area (Å²) in [6, 6.07) is 9.32. The SMILES string of the molecule is COc1ccc(OCC(=O)N2CCN(c3nc(C)cc(N4CCCCC4)n3)CC2)cc1. The number of piperazine rings is 1. The molecule has 0 radical (unpaired) electrons. The number of methoxy groups -OCH3 is 1. The van der Waals surface area contributed by atoms with Gasteiger partial charge < -0.3 is 24.2 Å². The Morgan fingerprint density at radius 2 is 1.58 bits per heavy atom. The fourth-order valence-corrected chi connectivity index (χ4v) is 4.03. The van der Waals surface area contributed by atoms with E-state index in [4.69, 9.17) is 14.5 Å². The molecule has 0 unspecified atom stereocenters. The van der Waals surface area contributed by atoms with Crippen LogP contribution in [0.25, 0.3) is 0 Å². The molecule has 2 fully saturated rings. The lowest BCUT2D eigenvalue weighted by Gasteiger charge is -2.35. The van der Waals surface area contributed by atoms with Crippen LogP contribution in [0.4, 0.5) is 11.8 Å². The van der Waals surface area contributed by atoms with Crippen LogP contribution in [0, 0.1) is 6.92 Å². The number of aromatic nitrogens is 2. The molecule has 166 valence electrons. The molecule has 0 N–H and O–H groups in total. The summed E-state index contributed by atoms with van der Waals surface area (Å²) >= 11 is 0. The Morgan fingerprint density at radius 1 is 0.903 bits per heavy atom. The third kappa shape index (κ3) is 5.37. The monoisotopic (exact) mass is 425 g/mol. The highest BCUT2D eigenvalue weighted by Gasteiger charge is 2.24. The van der Waals surface area contributed by atoms with Gasteiger partial charge in [0.15, 0.2) is 6.61 Å². The molecular weight excluding hydrogens is 394 g/mol. The molecular formula is C23H31N5O3. The van der Waals surface area contributed by atoms with Crippen molar-refractivity contribution in [1.82, 2.24) is 14.9 Å². The Hall–Kier alpha value is -3.03. The summed E-state index contributed by atoms with van der Waals surface area (Å²) in [6.07, 6.45) is 3.74. The zero-order valence-electron chi connectivity index (χ0n) is 18.4. The first-order chi connectivity index (χ1) is 15.1. The summed E-state index contributed by atoms with van der Waals surface area (Å²) in [5.74, 6) is 3.20. The van der Waals surface area contributed by atoms with Gasteiger partial charge in [-0.2, -0.15) is 4.98 Å². The highest BCUT2D eigenvalue weighted by atomic mass is 16.5. The minimum absolute atomic E-state index is 0.00497. The maximum atomic E-state index is 12.6. The lowest BCUT2D eigenvalue weighted by molar-refractivity contribution is -0.133. The van der Waals surface area contributed by atoms with Crippen molar-refractivity contribution in [2.45, 2.75) is 26.2 Å². The molecule has 0 aliphatic carbocycles. The van der Waals surface area contributed by atoms with E-state index in [2.05, 4.69) is 20.9 Å². The van der Waals surface area contributed by atoms with Crippen LogP contribution < -0.4 is 19.3 Å². The molecule has 2 aliphatic rings. The van der Waals surface area contributed by atoms with E-state index in [1.165, 1.54) is 19.3 Å². The highest BCUT2D eigenvalue weighted by molar-refractivity contribution is 5.78. The van der Waals surface area contributed by atoms with Gasteiger partial charge in [0, 0.05) is 51.0 Å². The van der Waals surface area contributed by atoms with E-state index in [-0.39, 0.29) is 12.5 Å². The topological polar surface area (TPSA) is 71.0 Å². The molecule has 8 nitrogen and oxygen atoms in total. The van der Waals surface area contributed by atoms with Crippen molar-refractivity contribution in [3.8, 4) is 11.5 Å². The molecule has 0 bridgehead atoms. The number of carbonyl (C=O) groups excluding carboxylic acids is 1. The highest BCUT2D eigenvalue weighted by Crippen LogP contribution is 2.22. The van der Waals surface area contributed by atoms with Crippen LogP contribution in [0.3, 0.4) is 0 Å². The second kappa shape index (κ2) is 9.85. The molecule has 0 spiro atoms. The number of hydrogen-bond donors (Lipinski definition) is 0. The van der Waals surface area contributed by atoms with Crippen LogP contribution in [0.1, 0.15) is 25.0 Å². The molecule has 4 rings (SSSR count). The molecule has 2 saturated heterocycles. The molecule has 2 aliphatic heterocycles. The van der Waals surface area contributed by atoms with Crippen molar-refractivity contribution in [2.75, 3.05) is 62.8 Å². The summed E-state index contributed by atoms with van der Waals surface area (Å²) in [6.45, 7) is 6.90. The van der Waals surface area contributed by atoms with E-state index in [9.17, 15) is 4.79 Å². The van der Waals surface area contributed by atoms with E-state index in [0.29, 0.717) is 18.8 Å². The maximum absolute atomic E-state index is 12.6. The third-order valence-electron chi connectivity index (χ3n) is 5.85. The van der Waals surface area contributed by atoms with Gasteiger partial charge in [0.05, 0.1) is 7.11 Å². The van der Waals surface area contributed by atoms with E-state index in [0.717, 1.165) is 49.4 Å². The van der Waals surface area contributed by atoms with Gasteiger partial charge in [-0.15, -0.1) is 0 Å². The van der Waals surface area contributed by atoms with Gasteiger partial charge in [-0.05, 0) is 50.5 Å². The Bertz CT molecular complexity index is 875. The van der Waals surface area contributed by atoms with E-state index < -0.39 is 0 Å². The molecule has 1 aromatic heterocycles. The summed E-state index contributed by atoms with van der Waals surface area (Å²) in [5.41, 5.74) is 0.983. The van der Waals surface area contributed by atoms with Crippen LogP contribution >= 0.6 is 0 Å². The molecule has 8 heteroatoms. The van der Waals surface area contributed by atoms with Gasteiger partial charge in [-0.1, -0.05) is 0 Å². The molecule has 1 aromatic carbocycles. The number of nitrogens with zero attached hydrogens (tertiary/aromatic N) is 5. The van der Waals surface area contributed by atoms with E-state index >= 15 is 0 Å². The minimum Gasteiger partial charge on any atom is -0.497 e. The average Bonchev–Trinajstić information content (AvgIpc) is 2.83. The third-order valence-corrected chi connectivity index (χ3v) is 5.85. The number of carbonyl (C=O) groups is 1. The molecule has 0 saturated carbocycles. The number of piperidine rings is 1. The first-order valence-corrected chi connectivity index (χ1v) is 11.0. The number of amides is 1. The minimum atomic E-state index is -0.00497. The smallest absolute Gasteiger partial charge is 0.260 e. The predicted molar refractivity (Wildman–Crippen MR) is 120 cm³/mol. The quantitative estimate of drug-likeness (QED) is 0.704. The largest absolute Gasteiger partial charge is 0.497 e. The van der Waals surface area contributed by atoms with E-state index in [1.807, 2.05) is 24.0 Å². The van der Waals surface area contributed by atoms with Crippen LogP contribution in [-0.4, -0.2) is 73.8 Å². The standard InChI is InChI=1S/C23H31N5O3/c1-18-16-21(26-10-4-3-5-11-26)25-23(24-18)28-14-12-27(13-15-28)22(29)17-31-20-8-6-19(30-2)7-9-20/h6-9,16H,3-5,10-15,17H2,1-2H3. The average molecular weight is 426 g/mol. The molecule has 3 heterocycles. The van der Waals surface area contributed by atoms with Crippen molar-refractivity contribution in [3.05, 3.63) is 36.0 Å². The lowest BCUT2D eigenvalue weighted by atomic mass is 10.1. The van der Waals surface area contributed by atoms with Gasteiger partial charge in [0.2, 0.25) is 5.95 Å². The molecule has 31 heavy (non-hydrogen) atoms. The summed E-state index contributed by atoms with van der Waals surface area (Å²) in [7, 11) is 1.62. The number of benzene rings is 1. The second-order valence-electron chi connectivity index (χ2n) is 8.05. The summed E-state index contributed by atoms with van der Waals surface area (Å²) in [5, 5.41) is 0. The second-order valence-corrected chi connectivity index (χ2v) is 8.05. The summed E-state index contributed by atoms with van der Waals surface area (Å²) in [4.78, 5) is 28.5. The number of ether oxygens (including phenoxy) is 2. The lowest BCUT2D eigenvalue weighted by Crippen LogP contribution is -2.50. The van der Waals surface area contributed by atoms with Crippen molar-refractivity contribution in [3.63, 3.8) is 0 Å². The molecule has 1 amide bonds. The van der Waals surface area contributed by atoms with Crippen LogP contribution in [0.2, 0.25) is 0 Å². The van der Waals surface area contributed by atoms with Crippen molar-refractivity contribution < 1.29 is 14.3 Å². The Labute approximate surface area is 183 Å². The summed E-state index contributed by atoms with van der Waals surface area (Å²) < 4.78 is 10.8. The Balaban J connectivity index is 1.30. The number of anilines is 2. The normalized spacial score (nSPS) is 16.9. The fraction of sp³-hybridized carbons (Fsp3) is 0.522. The Morgan fingerprint density at radius 3 is 2.26 bits per heavy atom. The van der Waals surface area contributed by atoms with Gasteiger partial charge in [0.25, 0.3) is 5.91 Å². The number of rotatable bonds is 6. The van der Waals surface area contributed by atoms with Crippen LogP contribution in [0.15, 0.2) is 30.3 Å². The Kier molecular flexibility index (Phi) is 6.74. The number of hydrogen-bond acceptors (Lipinski definition) is 7. The van der Waals surface area contributed by atoms with Gasteiger partial charge in [0.1, 0.15) is 17.3 Å². The molecule has 0 atom stereocenters. The van der Waals surface area contributed by atoms with Crippen molar-refractivity contribution in [1.29, 1.82) is 0 Å². The van der Waals surface area contributed by atoms with Crippen molar-refractivity contribution in [2.24, 2.45) is 0 Å². The maximum Gasteiger partial charge on any atom is 0.260 e. The van der Waals surface area contributed by atoms with Gasteiger partial charge in [-0.3, -0.25) is 4.79 Å². The zero-order valence-corrected chi connectivity index (χ0v) is 18.4. The fourth-order valence-electron chi connectivity index (χ4n) is 4.03. The first-order valence-electron chi connectivity index (χ1n) is 11.0. The number of aryl methyl sites for hydroxylation is 1.